The van der Waals surface area contributed by atoms with Gasteiger partial charge in [-0.1, -0.05) is 30.3 Å². The predicted molar refractivity (Wildman–Crippen MR) is 126 cm³/mol. The van der Waals surface area contributed by atoms with Gasteiger partial charge in [0.2, 0.25) is 11.8 Å². The van der Waals surface area contributed by atoms with Crippen LogP contribution in [0, 0.1) is 0 Å². The largest absolute Gasteiger partial charge is 0.379 e. The molecule has 33 heavy (non-hydrogen) atoms. The smallest absolute Gasteiger partial charge is 0.251 e. The second-order valence-electron chi connectivity index (χ2n) is 8.36. The Morgan fingerprint density at radius 1 is 0.879 bits per heavy atom. The number of piperidine rings is 1. The van der Waals surface area contributed by atoms with Crippen LogP contribution in [-0.2, 0) is 19.1 Å². The number of nitrogens with one attached hydrogen (secondary N) is 2. The number of morpholine rings is 1. The number of hydrogen-bond acceptors (Lipinski definition) is 5. The van der Waals surface area contributed by atoms with Crippen LogP contribution < -0.4 is 10.6 Å². The van der Waals surface area contributed by atoms with E-state index in [-0.39, 0.29) is 17.7 Å². The van der Waals surface area contributed by atoms with Crippen LogP contribution in [0.15, 0.2) is 54.6 Å². The maximum absolute atomic E-state index is 13.3. The van der Waals surface area contributed by atoms with Gasteiger partial charge in [0, 0.05) is 37.4 Å². The minimum atomic E-state index is -0.674. The van der Waals surface area contributed by atoms with Crippen molar-refractivity contribution in [3.05, 3.63) is 60.2 Å². The second kappa shape index (κ2) is 11.1. The maximum Gasteiger partial charge on any atom is 0.251 e. The number of hydrogen-bond donors (Lipinski definition) is 2. The van der Waals surface area contributed by atoms with E-state index in [1.165, 1.54) is 0 Å². The molecule has 4 rings (SSSR count). The molecule has 0 aromatic heterocycles. The van der Waals surface area contributed by atoms with Gasteiger partial charge in [-0.05, 0) is 42.7 Å². The average Bonchev–Trinajstić information content (AvgIpc) is 2.83. The van der Waals surface area contributed by atoms with E-state index in [0.29, 0.717) is 44.1 Å². The minimum Gasteiger partial charge on any atom is -0.379 e. The van der Waals surface area contributed by atoms with Crippen molar-refractivity contribution in [2.24, 2.45) is 0 Å². The van der Waals surface area contributed by atoms with E-state index in [1.54, 1.807) is 29.2 Å². The van der Waals surface area contributed by atoms with Crippen LogP contribution in [0.3, 0.4) is 0 Å². The molecule has 0 radical (unpaired) electrons. The summed E-state index contributed by atoms with van der Waals surface area (Å²) in [5.74, 6) is -0.328. The van der Waals surface area contributed by atoms with Crippen molar-refractivity contribution < 1.29 is 19.1 Å². The first-order chi connectivity index (χ1) is 16.1. The number of rotatable bonds is 7. The molecule has 0 spiro atoms. The Morgan fingerprint density at radius 3 is 2.21 bits per heavy atom. The van der Waals surface area contributed by atoms with Gasteiger partial charge in [0.15, 0.2) is 0 Å². The Bertz CT molecular complexity index is 958. The number of ether oxygens (including phenoxy) is 1. The zero-order chi connectivity index (χ0) is 23.0. The molecule has 1 atom stereocenters. The highest BCUT2D eigenvalue weighted by atomic mass is 16.5. The van der Waals surface area contributed by atoms with Crippen molar-refractivity contribution in [3.8, 4) is 0 Å². The molecule has 2 aliphatic heterocycles. The third-order valence-corrected chi connectivity index (χ3v) is 5.94. The number of likely N-dealkylation sites (tertiary alicyclic amines) is 1. The molecular formula is C25H30N4O4. The quantitative estimate of drug-likeness (QED) is 0.677. The molecule has 1 unspecified atom stereocenters. The molecule has 2 N–H and O–H groups in total. The van der Waals surface area contributed by atoms with Crippen molar-refractivity contribution in [2.45, 2.75) is 25.3 Å². The van der Waals surface area contributed by atoms with Gasteiger partial charge in [-0.3, -0.25) is 19.3 Å². The molecule has 2 aromatic rings. The lowest BCUT2D eigenvalue weighted by Crippen LogP contribution is -2.43. The summed E-state index contributed by atoms with van der Waals surface area (Å²) < 4.78 is 5.30. The summed E-state index contributed by atoms with van der Waals surface area (Å²) in [7, 11) is 0. The Balaban J connectivity index is 1.39. The topological polar surface area (TPSA) is 91.0 Å². The highest BCUT2D eigenvalue weighted by molar-refractivity contribution is 5.98. The number of amides is 3. The zero-order valence-electron chi connectivity index (χ0n) is 18.7. The predicted octanol–water partition coefficient (Wildman–Crippen LogP) is 2.65. The zero-order valence-corrected chi connectivity index (χ0v) is 18.7. The Labute approximate surface area is 193 Å². The highest BCUT2D eigenvalue weighted by Crippen LogP contribution is 2.27. The minimum absolute atomic E-state index is 0.00332. The highest BCUT2D eigenvalue weighted by Gasteiger charge is 2.32. The Kier molecular flexibility index (Phi) is 7.70. The molecule has 2 heterocycles. The molecule has 2 saturated heterocycles. The molecule has 2 aliphatic rings. The fraction of sp³-hybridized carbons (Fsp3) is 0.400. The first-order valence-electron chi connectivity index (χ1n) is 11.5. The summed E-state index contributed by atoms with van der Waals surface area (Å²) in [5, 5.41) is 5.83. The lowest BCUT2D eigenvalue weighted by atomic mass is 10.0. The monoisotopic (exact) mass is 450 g/mol. The molecule has 3 amide bonds. The van der Waals surface area contributed by atoms with Crippen LogP contribution in [-0.4, -0.2) is 66.9 Å². The third kappa shape index (κ3) is 6.18. The Hall–Kier alpha value is -3.23. The lowest BCUT2D eigenvalue weighted by Gasteiger charge is -2.34. The molecule has 0 aliphatic carbocycles. The number of anilines is 2. The summed E-state index contributed by atoms with van der Waals surface area (Å²) in [6.07, 6.45) is 2.22. The molecule has 8 heteroatoms. The van der Waals surface area contributed by atoms with Crippen molar-refractivity contribution >= 4 is 29.1 Å². The average molecular weight is 451 g/mol. The van der Waals surface area contributed by atoms with Crippen LogP contribution in [0.1, 0.15) is 30.9 Å². The fourth-order valence-corrected chi connectivity index (χ4v) is 4.22. The van der Waals surface area contributed by atoms with E-state index in [2.05, 4.69) is 15.5 Å². The van der Waals surface area contributed by atoms with E-state index >= 15 is 0 Å². The van der Waals surface area contributed by atoms with Crippen LogP contribution in [0.2, 0.25) is 0 Å². The van der Waals surface area contributed by atoms with Crippen LogP contribution >= 0.6 is 0 Å². The first kappa shape index (κ1) is 22.9. The maximum atomic E-state index is 13.3. The number of carbonyl (C=O) groups excluding carboxylic acids is 3. The lowest BCUT2D eigenvalue weighted by molar-refractivity contribution is -0.141. The van der Waals surface area contributed by atoms with E-state index in [4.69, 9.17) is 4.74 Å². The second-order valence-corrected chi connectivity index (χ2v) is 8.36. The van der Waals surface area contributed by atoms with Gasteiger partial charge in [0.1, 0.15) is 6.04 Å². The van der Waals surface area contributed by atoms with Crippen LogP contribution in [0.4, 0.5) is 11.4 Å². The van der Waals surface area contributed by atoms with Gasteiger partial charge in [0.05, 0.1) is 19.8 Å². The summed E-state index contributed by atoms with van der Waals surface area (Å²) in [6, 6.07) is 15.7. The fourth-order valence-electron chi connectivity index (χ4n) is 4.22. The number of nitrogens with zero attached hydrogens (tertiary/aromatic N) is 2. The molecule has 0 saturated carbocycles. The van der Waals surface area contributed by atoms with Gasteiger partial charge in [0.25, 0.3) is 5.91 Å². The molecule has 0 bridgehead atoms. The molecule has 174 valence electrons. The van der Waals surface area contributed by atoms with Gasteiger partial charge in [-0.15, -0.1) is 0 Å². The SMILES string of the molecule is O=C(CN1CCOCC1)Nc1ccc(NC(=O)C(c2ccccc2)N2CCCCC2=O)cc1. The van der Waals surface area contributed by atoms with Crippen molar-refractivity contribution in [3.63, 3.8) is 0 Å². The van der Waals surface area contributed by atoms with E-state index in [0.717, 1.165) is 31.5 Å². The number of carbonyl (C=O) groups is 3. The van der Waals surface area contributed by atoms with Gasteiger partial charge in [-0.25, -0.2) is 0 Å². The van der Waals surface area contributed by atoms with E-state index in [9.17, 15) is 14.4 Å². The van der Waals surface area contributed by atoms with Crippen molar-refractivity contribution in [1.29, 1.82) is 0 Å². The summed E-state index contributed by atoms with van der Waals surface area (Å²) >= 11 is 0. The van der Waals surface area contributed by atoms with E-state index in [1.807, 2.05) is 30.3 Å². The summed E-state index contributed by atoms with van der Waals surface area (Å²) in [5.41, 5.74) is 2.06. The summed E-state index contributed by atoms with van der Waals surface area (Å²) in [6.45, 7) is 3.69. The summed E-state index contributed by atoms with van der Waals surface area (Å²) in [4.78, 5) is 41.8. The number of benzene rings is 2. The van der Waals surface area contributed by atoms with Crippen LogP contribution in [0.25, 0.3) is 0 Å². The van der Waals surface area contributed by atoms with Gasteiger partial charge < -0.3 is 20.3 Å². The van der Waals surface area contributed by atoms with Crippen molar-refractivity contribution in [1.82, 2.24) is 9.80 Å². The molecule has 2 fully saturated rings. The first-order valence-corrected chi connectivity index (χ1v) is 11.5. The third-order valence-electron chi connectivity index (χ3n) is 5.94. The molecule has 2 aromatic carbocycles. The molecular weight excluding hydrogens is 420 g/mol. The van der Waals surface area contributed by atoms with Gasteiger partial charge >= 0.3 is 0 Å². The van der Waals surface area contributed by atoms with Crippen LogP contribution in [0.5, 0.6) is 0 Å². The Morgan fingerprint density at radius 2 is 1.55 bits per heavy atom. The van der Waals surface area contributed by atoms with Crippen molar-refractivity contribution in [2.75, 3.05) is 50.0 Å². The molecule has 8 nitrogen and oxygen atoms in total. The van der Waals surface area contributed by atoms with Gasteiger partial charge in [-0.2, -0.15) is 0 Å². The normalized spacial score (nSPS) is 17.9. The van der Waals surface area contributed by atoms with E-state index < -0.39 is 6.04 Å². The standard InChI is InChI=1S/C25H30N4O4/c30-22(18-28-14-16-33-17-15-28)26-20-9-11-21(12-10-20)27-25(32)24(19-6-2-1-3-7-19)29-13-5-4-8-23(29)31/h1-3,6-7,9-12,24H,4-5,8,13-18H2,(H,26,30)(H,27,32).